The third-order valence-electron chi connectivity index (χ3n) is 6.25. The van der Waals surface area contributed by atoms with Gasteiger partial charge in [0.25, 0.3) is 5.56 Å². The molecule has 1 aliphatic rings. The van der Waals surface area contributed by atoms with Crippen molar-refractivity contribution in [2.75, 3.05) is 13.1 Å². The molecule has 3 aromatic rings. The van der Waals surface area contributed by atoms with Crippen LogP contribution in [0.2, 0.25) is 0 Å². The number of halogens is 3. The van der Waals surface area contributed by atoms with E-state index in [-0.39, 0.29) is 12.2 Å². The van der Waals surface area contributed by atoms with Gasteiger partial charge in [-0.2, -0.15) is 18.4 Å². The van der Waals surface area contributed by atoms with Crippen molar-refractivity contribution in [1.29, 1.82) is 5.26 Å². The number of hydrogen-bond donors (Lipinski definition) is 0. The lowest BCUT2D eigenvalue weighted by molar-refractivity contribution is -0.137. The van der Waals surface area contributed by atoms with Gasteiger partial charge >= 0.3 is 6.18 Å². The van der Waals surface area contributed by atoms with Gasteiger partial charge in [0, 0.05) is 6.54 Å². The summed E-state index contributed by atoms with van der Waals surface area (Å²) >= 11 is 0. The van der Waals surface area contributed by atoms with E-state index in [2.05, 4.69) is 4.90 Å². The van der Waals surface area contributed by atoms with Gasteiger partial charge in [0.1, 0.15) is 11.6 Å². The van der Waals surface area contributed by atoms with E-state index >= 15 is 0 Å². The summed E-state index contributed by atoms with van der Waals surface area (Å²) in [6.07, 6.45) is -1.13. The molecule has 0 aliphatic carbocycles. The Labute approximate surface area is 196 Å². The van der Waals surface area contributed by atoms with Crippen molar-refractivity contribution in [3.8, 4) is 17.3 Å². The summed E-state index contributed by atoms with van der Waals surface area (Å²) in [5.41, 5.74) is 0.397. The second kappa shape index (κ2) is 9.86. The Balaban J connectivity index is 1.73. The van der Waals surface area contributed by atoms with Crippen LogP contribution in [0.1, 0.15) is 47.1 Å². The molecule has 34 heavy (non-hydrogen) atoms. The predicted molar refractivity (Wildman–Crippen MR) is 125 cm³/mol. The van der Waals surface area contributed by atoms with Gasteiger partial charge in [-0.1, -0.05) is 54.4 Å². The maximum absolute atomic E-state index is 13.7. The highest BCUT2D eigenvalue weighted by Crippen LogP contribution is 2.34. The van der Waals surface area contributed by atoms with Crippen molar-refractivity contribution in [1.82, 2.24) is 9.47 Å². The molecule has 4 nitrogen and oxygen atoms in total. The van der Waals surface area contributed by atoms with E-state index in [4.69, 9.17) is 0 Å². The van der Waals surface area contributed by atoms with Crippen LogP contribution >= 0.6 is 0 Å². The number of rotatable bonds is 5. The Morgan fingerprint density at radius 2 is 1.59 bits per heavy atom. The first-order valence-electron chi connectivity index (χ1n) is 11.4. The molecule has 176 valence electrons. The molecule has 0 saturated carbocycles. The van der Waals surface area contributed by atoms with E-state index in [1.54, 1.807) is 18.2 Å². The molecular weight excluding hydrogens is 439 g/mol. The monoisotopic (exact) mass is 465 g/mol. The van der Waals surface area contributed by atoms with E-state index in [1.807, 2.05) is 37.3 Å². The number of nitrogens with zero attached hydrogens (tertiary/aromatic N) is 3. The number of piperidine rings is 1. The van der Waals surface area contributed by atoms with E-state index in [9.17, 15) is 23.2 Å². The van der Waals surface area contributed by atoms with Crippen LogP contribution in [-0.4, -0.2) is 22.6 Å². The average molecular weight is 466 g/mol. The van der Waals surface area contributed by atoms with Crippen LogP contribution in [0.3, 0.4) is 0 Å². The number of aryl methyl sites for hydroxylation is 1. The molecule has 4 rings (SSSR count). The van der Waals surface area contributed by atoms with Gasteiger partial charge in [-0.25, -0.2) is 0 Å². The number of alkyl halides is 3. The van der Waals surface area contributed by atoms with Crippen molar-refractivity contribution in [3.05, 3.63) is 92.8 Å². The first-order chi connectivity index (χ1) is 16.3. The second-order valence-corrected chi connectivity index (χ2v) is 8.84. The van der Waals surface area contributed by atoms with Crippen molar-refractivity contribution in [2.24, 2.45) is 0 Å². The Hall–Kier alpha value is -3.37. The maximum atomic E-state index is 13.7. The lowest BCUT2D eigenvalue weighted by Crippen LogP contribution is -2.29. The molecule has 0 unspecified atom stereocenters. The fourth-order valence-corrected chi connectivity index (χ4v) is 4.49. The number of hydrogen-bond acceptors (Lipinski definition) is 3. The highest BCUT2D eigenvalue weighted by atomic mass is 19.4. The molecule has 0 atom stereocenters. The van der Waals surface area contributed by atoms with Crippen LogP contribution in [0.5, 0.6) is 0 Å². The van der Waals surface area contributed by atoms with Crippen LogP contribution in [-0.2, 0) is 19.3 Å². The van der Waals surface area contributed by atoms with Crippen LogP contribution in [0.15, 0.2) is 59.4 Å². The molecule has 0 amide bonds. The summed E-state index contributed by atoms with van der Waals surface area (Å²) in [6, 6.07) is 17.2. The summed E-state index contributed by atoms with van der Waals surface area (Å²) in [4.78, 5) is 15.5. The maximum Gasteiger partial charge on any atom is 0.417 e. The van der Waals surface area contributed by atoms with Crippen molar-refractivity contribution < 1.29 is 13.2 Å². The Morgan fingerprint density at radius 1 is 0.941 bits per heavy atom. The number of benzene rings is 2. The van der Waals surface area contributed by atoms with Gasteiger partial charge in [-0.15, -0.1) is 0 Å². The molecular formula is C27H26F3N3O. The average Bonchev–Trinajstić information content (AvgIpc) is 2.81. The Kier molecular flexibility index (Phi) is 6.90. The first kappa shape index (κ1) is 23.8. The minimum absolute atomic E-state index is 0.0684. The van der Waals surface area contributed by atoms with Crippen LogP contribution in [0.25, 0.3) is 11.3 Å². The smallest absolute Gasteiger partial charge is 0.303 e. The van der Waals surface area contributed by atoms with E-state index in [0.717, 1.165) is 42.4 Å². The molecule has 1 fully saturated rings. The SMILES string of the molecule is Cc1cccc(-c2cc(C(F)(F)F)c(C#N)c(=O)n2Cc2ccc(CN3CCCCC3)cc2)c1. The third kappa shape index (κ3) is 5.23. The zero-order valence-electron chi connectivity index (χ0n) is 19.0. The lowest BCUT2D eigenvalue weighted by atomic mass is 10.0. The molecule has 7 heteroatoms. The predicted octanol–water partition coefficient (Wildman–Crippen LogP) is 5.75. The largest absolute Gasteiger partial charge is 0.417 e. The van der Waals surface area contributed by atoms with E-state index in [0.29, 0.717) is 5.56 Å². The van der Waals surface area contributed by atoms with Gasteiger partial charge < -0.3 is 4.57 Å². The summed E-state index contributed by atoms with van der Waals surface area (Å²) < 4.78 is 42.3. The zero-order chi connectivity index (χ0) is 24.3. The summed E-state index contributed by atoms with van der Waals surface area (Å²) in [7, 11) is 0. The lowest BCUT2D eigenvalue weighted by Gasteiger charge is -2.26. The first-order valence-corrected chi connectivity index (χ1v) is 11.4. The van der Waals surface area contributed by atoms with E-state index < -0.39 is 22.9 Å². The van der Waals surface area contributed by atoms with Crippen molar-refractivity contribution >= 4 is 0 Å². The standard InChI is InChI=1S/C27H26F3N3O/c1-19-6-5-7-22(14-19)25-15-24(27(28,29)30)23(16-31)26(34)33(25)18-21-10-8-20(9-11-21)17-32-12-3-2-4-13-32/h5-11,14-15H,2-4,12-13,17-18H2,1H3. The van der Waals surface area contributed by atoms with Crippen LogP contribution in [0.4, 0.5) is 13.2 Å². The fraction of sp³-hybridized carbons (Fsp3) is 0.333. The van der Waals surface area contributed by atoms with Gasteiger partial charge in [0.15, 0.2) is 0 Å². The fourth-order valence-electron chi connectivity index (χ4n) is 4.49. The summed E-state index contributed by atoms with van der Waals surface area (Å²) in [5.74, 6) is 0. The third-order valence-corrected chi connectivity index (χ3v) is 6.25. The van der Waals surface area contributed by atoms with Crippen LogP contribution in [0, 0.1) is 18.3 Å². The van der Waals surface area contributed by atoms with Crippen LogP contribution < -0.4 is 5.56 Å². The molecule has 1 aromatic heterocycles. The number of aromatic nitrogens is 1. The quantitative estimate of drug-likeness (QED) is 0.482. The minimum atomic E-state index is -4.81. The van der Waals surface area contributed by atoms with Crippen molar-refractivity contribution in [2.45, 2.75) is 45.5 Å². The zero-order valence-corrected chi connectivity index (χ0v) is 19.0. The Morgan fingerprint density at radius 3 is 2.18 bits per heavy atom. The normalized spacial score (nSPS) is 14.7. The van der Waals surface area contributed by atoms with Gasteiger partial charge in [-0.05, 0) is 61.7 Å². The second-order valence-electron chi connectivity index (χ2n) is 8.84. The van der Waals surface area contributed by atoms with Gasteiger partial charge in [-0.3, -0.25) is 9.69 Å². The molecule has 2 heterocycles. The van der Waals surface area contributed by atoms with E-state index in [1.165, 1.54) is 29.9 Å². The molecule has 2 aromatic carbocycles. The number of pyridine rings is 1. The number of likely N-dealkylation sites (tertiary alicyclic amines) is 1. The molecule has 0 N–H and O–H groups in total. The highest BCUT2D eigenvalue weighted by molar-refractivity contribution is 5.63. The van der Waals surface area contributed by atoms with Crippen molar-refractivity contribution in [3.63, 3.8) is 0 Å². The summed E-state index contributed by atoms with van der Waals surface area (Å²) in [5, 5.41) is 9.38. The van der Waals surface area contributed by atoms with Gasteiger partial charge in [0.2, 0.25) is 0 Å². The van der Waals surface area contributed by atoms with Gasteiger partial charge in [0.05, 0.1) is 17.8 Å². The molecule has 1 saturated heterocycles. The minimum Gasteiger partial charge on any atom is -0.303 e. The number of nitriles is 1. The Bertz CT molecular complexity index is 1260. The summed E-state index contributed by atoms with van der Waals surface area (Å²) in [6.45, 7) is 4.92. The molecule has 0 radical (unpaired) electrons. The topological polar surface area (TPSA) is 49.0 Å². The molecule has 1 aliphatic heterocycles. The molecule has 0 bridgehead atoms. The highest BCUT2D eigenvalue weighted by Gasteiger charge is 2.36. The molecule has 0 spiro atoms.